The summed E-state index contributed by atoms with van der Waals surface area (Å²) in [6.45, 7) is 5.11. The third kappa shape index (κ3) is 3.46. The molecule has 3 aromatic heterocycles. The van der Waals surface area contributed by atoms with Gasteiger partial charge in [0.25, 0.3) is 5.91 Å². The van der Waals surface area contributed by atoms with E-state index in [0.29, 0.717) is 41.6 Å². The minimum Gasteiger partial charge on any atom is -0.491 e. The molecule has 0 radical (unpaired) electrons. The van der Waals surface area contributed by atoms with Crippen LogP contribution in [0.4, 0.5) is 4.39 Å². The lowest BCUT2D eigenvalue weighted by Gasteiger charge is -2.18. The molecule has 32 heavy (non-hydrogen) atoms. The molecule has 0 aliphatic carbocycles. The molecule has 0 saturated carbocycles. The molecule has 5 rings (SSSR count). The van der Waals surface area contributed by atoms with E-state index in [4.69, 9.17) is 16.3 Å². The summed E-state index contributed by atoms with van der Waals surface area (Å²) in [4.78, 5) is 19.5. The van der Waals surface area contributed by atoms with Crippen LogP contribution in [0.15, 0.2) is 30.9 Å². The predicted octanol–water partition coefficient (Wildman–Crippen LogP) is 2.97. The Bertz CT molecular complexity index is 1340. The molecule has 1 amide bonds. The Morgan fingerprint density at radius 3 is 2.78 bits per heavy atom. The third-order valence-corrected chi connectivity index (χ3v) is 6.04. The number of ether oxygens (including phenoxy) is 1. The van der Waals surface area contributed by atoms with Gasteiger partial charge in [-0.25, -0.2) is 13.9 Å². The fraction of sp³-hybridized carbons (Fsp3) is 0.286. The SMILES string of the molecule is Cc1nc2c3c(nn2c(C)c1Cl)CN(C(=O)c1ccc(F)cc1OCCn1cnnc1)C3. The van der Waals surface area contributed by atoms with Crippen molar-refractivity contribution in [3.05, 3.63) is 69.9 Å². The van der Waals surface area contributed by atoms with Crippen LogP contribution in [0.1, 0.15) is 33.0 Å². The van der Waals surface area contributed by atoms with E-state index in [2.05, 4.69) is 20.3 Å². The van der Waals surface area contributed by atoms with Crippen molar-refractivity contribution in [1.29, 1.82) is 0 Å². The number of rotatable bonds is 5. The van der Waals surface area contributed by atoms with Crippen LogP contribution in [-0.4, -0.2) is 46.8 Å². The Labute approximate surface area is 187 Å². The third-order valence-electron chi connectivity index (χ3n) is 5.49. The number of nitrogens with zero attached hydrogens (tertiary/aromatic N) is 7. The van der Waals surface area contributed by atoms with Crippen molar-refractivity contribution in [2.24, 2.45) is 0 Å². The van der Waals surface area contributed by atoms with Gasteiger partial charge in [0.05, 0.1) is 47.3 Å². The highest BCUT2D eigenvalue weighted by molar-refractivity contribution is 6.31. The van der Waals surface area contributed by atoms with Gasteiger partial charge in [-0.05, 0) is 26.0 Å². The van der Waals surface area contributed by atoms with Gasteiger partial charge in [-0.15, -0.1) is 10.2 Å². The van der Waals surface area contributed by atoms with Gasteiger partial charge in [0.1, 0.15) is 30.8 Å². The predicted molar refractivity (Wildman–Crippen MR) is 113 cm³/mol. The average molecular weight is 456 g/mol. The molecule has 0 spiro atoms. The Morgan fingerprint density at radius 2 is 2.00 bits per heavy atom. The highest BCUT2D eigenvalue weighted by Crippen LogP contribution is 2.31. The summed E-state index contributed by atoms with van der Waals surface area (Å²) < 4.78 is 23.1. The zero-order valence-electron chi connectivity index (χ0n) is 17.4. The van der Waals surface area contributed by atoms with Crippen molar-refractivity contribution in [3.8, 4) is 5.75 Å². The van der Waals surface area contributed by atoms with E-state index in [-0.39, 0.29) is 18.3 Å². The van der Waals surface area contributed by atoms with Gasteiger partial charge in [-0.2, -0.15) is 5.10 Å². The number of carbonyl (C=O) groups excluding carboxylic acids is 1. The first kappa shape index (κ1) is 20.4. The van der Waals surface area contributed by atoms with Gasteiger partial charge in [0.2, 0.25) is 0 Å². The topological polar surface area (TPSA) is 90.4 Å². The minimum absolute atomic E-state index is 0.193. The Kier molecular flexibility index (Phi) is 5.01. The molecule has 0 fully saturated rings. The number of hydrogen-bond donors (Lipinski definition) is 0. The molecule has 1 aliphatic rings. The molecule has 0 unspecified atom stereocenters. The maximum atomic E-state index is 13.9. The fourth-order valence-corrected chi connectivity index (χ4v) is 3.94. The summed E-state index contributed by atoms with van der Waals surface area (Å²) in [6.07, 6.45) is 3.12. The molecule has 0 saturated heterocycles. The van der Waals surface area contributed by atoms with Crippen LogP contribution in [0.3, 0.4) is 0 Å². The van der Waals surface area contributed by atoms with Crippen LogP contribution in [0.25, 0.3) is 5.65 Å². The van der Waals surface area contributed by atoms with E-state index in [0.717, 1.165) is 17.0 Å². The van der Waals surface area contributed by atoms with E-state index in [1.807, 2.05) is 13.8 Å². The molecular formula is C21H19ClFN7O2. The number of amides is 1. The van der Waals surface area contributed by atoms with Gasteiger partial charge in [-0.1, -0.05) is 11.6 Å². The molecule has 0 bridgehead atoms. The standard InChI is InChI=1S/C21H19ClFN7O2/c1-12-19(22)13(2)30-20(26-12)16-8-29(9-17(16)27-30)21(31)15-4-3-14(23)7-18(15)32-6-5-28-10-24-25-11-28/h3-4,7,10-11H,5-6,8-9H2,1-2H3. The summed E-state index contributed by atoms with van der Waals surface area (Å²) in [6, 6.07) is 3.92. The van der Waals surface area contributed by atoms with Crippen LogP contribution in [0.5, 0.6) is 5.75 Å². The maximum absolute atomic E-state index is 13.9. The first-order chi connectivity index (χ1) is 15.4. The molecule has 4 aromatic rings. The smallest absolute Gasteiger partial charge is 0.258 e. The van der Waals surface area contributed by atoms with Crippen LogP contribution in [-0.2, 0) is 19.6 Å². The summed E-state index contributed by atoms with van der Waals surface area (Å²) >= 11 is 6.30. The van der Waals surface area contributed by atoms with Crippen molar-refractivity contribution in [1.82, 2.24) is 34.3 Å². The average Bonchev–Trinajstić information content (AvgIpc) is 3.49. The summed E-state index contributed by atoms with van der Waals surface area (Å²) in [5.74, 6) is -0.545. The molecule has 0 atom stereocenters. The van der Waals surface area contributed by atoms with E-state index >= 15 is 0 Å². The quantitative estimate of drug-likeness (QED) is 0.459. The number of benzene rings is 1. The van der Waals surface area contributed by atoms with Gasteiger partial charge < -0.3 is 14.2 Å². The molecule has 0 N–H and O–H groups in total. The number of carbonyl (C=O) groups is 1. The van der Waals surface area contributed by atoms with Crippen LogP contribution in [0, 0.1) is 19.7 Å². The minimum atomic E-state index is -0.477. The summed E-state index contributed by atoms with van der Waals surface area (Å²) in [5, 5.41) is 12.6. The number of aromatic nitrogens is 6. The Morgan fingerprint density at radius 1 is 1.22 bits per heavy atom. The molecule has 9 nitrogen and oxygen atoms in total. The normalized spacial score (nSPS) is 13.1. The van der Waals surface area contributed by atoms with Gasteiger partial charge >= 0.3 is 0 Å². The highest BCUT2D eigenvalue weighted by atomic mass is 35.5. The van der Waals surface area contributed by atoms with E-state index in [9.17, 15) is 9.18 Å². The zero-order valence-corrected chi connectivity index (χ0v) is 18.2. The maximum Gasteiger partial charge on any atom is 0.258 e. The fourth-order valence-electron chi connectivity index (χ4n) is 3.82. The Hall–Kier alpha value is -3.53. The van der Waals surface area contributed by atoms with Crippen molar-refractivity contribution in [2.75, 3.05) is 6.61 Å². The second kappa shape index (κ2) is 7.86. The first-order valence-corrected chi connectivity index (χ1v) is 10.4. The van der Waals surface area contributed by atoms with Crippen LogP contribution < -0.4 is 4.74 Å². The number of fused-ring (bicyclic) bond motifs is 3. The van der Waals surface area contributed by atoms with E-state index < -0.39 is 5.82 Å². The lowest BCUT2D eigenvalue weighted by molar-refractivity contribution is 0.0745. The number of hydrogen-bond acceptors (Lipinski definition) is 6. The van der Waals surface area contributed by atoms with Crippen molar-refractivity contribution >= 4 is 23.2 Å². The molecule has 4 heterocycles. The van der Waals surface area contributed by atoms with Gasteiger partial charge in [0.15, 0.2) is 5.65 Å². The van der Waals surface area contributed by atoms with Crippen molar-refractivity contribution in [2.45, 2.75) is 33.5 Å². The van der Waals surface area contributed by atoms with Crippen molar-refractivity contribution < 1.29 is 13.9 Å². The van der Waals surface area contributed by atoms with E-state index in [1.165, 1.54) is 18.2 Å². The summed E-state index contributed by atoms with van der Waals surface area (Å²) in [5.41, 5.74) is 4.17. The summed E-state index contributed by atoms with van der Waals surface area (Å²) in [7, 11) is 0. The van der Waals surface area contributed by atoms with Crippen LogP contribution >= 0.6 is 11.6 Å². The Balaban J connectivity index is 1.38. The monoisotopic (exact) mass is 455 g/mol. The molecule has 1 aromatic carbocycles. The molecular weight excluding hydrogens is 437 g/mol. The second-order valence-corrected chi connectivity index (χ2v) is 7.99. The first-order valence-electron chi connectivity index (χ1n) is 9.99. The molecule has 164 valence electrons. The lowest BCUT2D eigenvalue weighted by atomic mass is 10.1. The number of aryl methyl sites for hydroxylation is 2. The molecule has 1 aliphatic heterocycles. The second-order valence-electron chi connectivity index (χ2n) is 7.61. The number of halogens is 2. The van der Waals surface area contributed by atoms with Gasteiger partial charge in [0, 0.05) is 11.6 Å². The lowest BCUT2D eigenvalue weighted by Crippen LogP contribution is -2.26. The zero-order chi connectivity index (χ0) is 22.4. The van der Waals surface area contributed by atoms with Crippen molar-refractivity contribution in [3.63, 3.8) is 0 Å². The van der Waals surface area contributed by atoms with Gasteiger partial charge in [-0.3, -0.25) is 4.79 Å². The van der Waals surface area contributed by atoms with Crippen LogP contribution in [0.2, 0.25) is 5.02 Å². The van der Waals surface area contributed by atoms with E-state index in [1.54, 1.807) is 26.6 Å². The molecule has 11 heteroatoms. The largest absolute Gasteiger partial charge is 0.491 e. The highest BCUT2D eigenvalue weighted by Gasteiger charge is 2.31.